The number of nitrogens with zero attached hydrogens (tertiary/aromatic N) is 1. The minimum absolute atomic E-state index is 0.319. The highest BCUT2D eigenvalue weighted by Crippen LogP contribution is 2.35. The quantitative estimate of drug-likeness (QED) is 0.754. The molecule has 0 spiro atoms. The van der Waals surface area contributed by atoms with Gasteiger partial charge in [-0.05, 0) is 45.7 Å². The van der Waals surface area contributed by atoms with Gasteiger partial charge in [0.05, 0.1) is 13.7 Å². The molecule has 0 aromatic carbocycles. The molecule has 0 unspecified atom stereocenters. The molecular weight excluding hydrogens is 230 g/mol. The van der Waals surface area contributed by atoms with Gasteiger partial charge in [-0.25, -0.2) is 4.79 Å². The molecule has 1 fully saturated rings. The standard InChI is InChI=1S/C14H21NO3/c1-9-7-12(18-13(9)14(16)17-4)8-15(3)10(2)11-5-6-11/h7,10-11H,5-6,8H2,1-4H3/t10-/m1/s1. The number of furan rings is 1. The molecule has 0 N–H and O–H groups in total. The Bertz CT molecular complexity index is 434. The van der Waals surface area contributed by atoms with Gasteiger partial charge in [-0.15, -0.1) is 0 Å². The van der Waals surface area contributed by atoms with E-state index < -0.39 is 5.97 Å². The van der Waals surface area contributed by atoms with E-state index in [-0.39, 0.29) is 0 Å². The van der Waals surface area contributed by atoms with Crippen LogP contribution in [0.2, 0.25) is 0 Å². The van der Waals surface area contributed by atoms with E-state index in [0.717, 1.165) is 23.8 Å². The lowest BCUT2D eigenvalue weighted by Gasteiger charge is -2.23. The van der Waals surface area contributed by atoms with Crippen molar-refractivity contribution < 1.29 is 13.9 Å². The van der Waals surface area contributed by atoms with Gasteiger partial charge >= 0.3 is 5.97 Å². The van der Waals surface area contributed by atoms with E-state index in [2.05, 4.69) is 23.6 Å². The van der Waals surface area contributed by atoms with E-state index in [0.29, 0.717) is 11.8 Å². The van der Waals surface area contributed by atoms with Crippen LogP contribution in [-0.4, -0.2) is 31.1 Å². The first-order valence-electron chi connectivity index (χ1n) is 6.40. The second-order valence-corrected chi connectivity index (χ2v) is 5.21. The zero-order chi connectivity index (χ0) is 13.3. The van der Waals surface area contributed by atoms with Gasteiger partial charge in [-0.2, -0.15) is 0 Å². The van der Waals surface area contributed by atoms with Crippen LogP contribution in [0.25, 0.3) is 0 Å². The second kappa shape index (κ2) is 5.14. The van der Waals surface area contributed by atoms with Gasteiger partial charge in [-0.1, -0.05) is 0 Å². The molecule has 1 aliphatic rings. The molecule has 0 aliphatic heterocycles. The Morgan fingerprint density at radius 3 is 2.83 bits per heavy atom. The maximum absolute atomic E-state index is 11.5. The molecule has 2 rings (SSSR count). The van der Waals surface area contributed by atoms with E-state index in [1.165, 1.54) is 20.0 Å². The summed E-state index contributed by atoms with van der Waals surface area (Å²) in [6, 6.07) is 2.49. The fourth-order valence-electron chi connectivity index (χ4n) is 2.25. The number of aryl methyl sites for hydroxylation is 1. The van der Waals surface area contributed by atoms with E-state index in [1.807, 2.05) is 13.0 Å². The van der Waals surface area contributed by atoms with Crippen LogP contribution in [-0.2, 0) is 11.3 Å². The van der Waals surface area contributed by atoms with Gasteiger partial charge in [0.2, 0.25) is 5.76 Å². The lowest BCUT2D eigenvalue weighted by Crippen LogP contribution is -2.30. The van der Waals surface area contributed by atoms with Crippen LogP contribution in [0, 0.1) is 12.8 Å². The molecule has 0 saturated heterocycles. The summed E-state index contributed by atoms with van der Waals surface area (Å²) >= 11 is 0. The zero-order valence-electron chi connectivity index (χ0n) is 11.5. The molecule has 4 heteroatoms. The highest BCUT2D eigenvalue weighted by atomic mass is 16.5. The third-order valence-electron chi connectivity index (χ3n) is 3.74. The highest BCUT2D eigenvalue weighted by molar-refractivity contribution is 5.87. The second-order valence-electron chi connectivity index (χ2n) is 5.21. The van der Waals surface area contributed by atoms with Crippen LogP contribution in [0.1, 0.15) is 41.6 Å². The van der Waals surface area contributed by atoms with Gasteiger partial charge in [-0.3, -0.25) is 4.90 Å². The van der Waals surface area contributed by atoms with Crippen molar-refractivity contribution in [3.05, 3.63) is 23.2 Å². The summed E-state index contributed by atoms with van der Waals surface area (Å²) in [5.74, 6) is 1.56. The van der Waals surface area contributed by atoms with Gasteiger partial charge in [0.25, 0.3) is 0 Å². The molecule has 0 radical (unpaired) electrons. The summed E-state index contributed by atoms with van der Waals surface area (Å²) in [6.45, 7) is 4.84. The van der Waals surface area contributed by atoms with Crippen molar-refractivity contribution in [3.8, 4) is 0 Å². The number of hydrogen-bond acceptors (Lipinski definition) is 4. The van der Waals surface area contributed by atoms with Crippen LogP contribution in [0.4, 0.5) is 0 Å². The molecule has 1 atom stereocenters. The van der Waals surface area contributed by atoms with E-state index in [4.69, 9.17) is 4.42 Å². The van der Waals surface area contributed by atoms with Crippen molar-refractivity contribution in [2.45, 2.75) is 39.3 Å². The number of carbonyl (C=O) groups is 1. The number of methoxy groups -OCH3 is 1. The topological polar surface area (TPSA) is 42.7 Å². The predicted octanol–water partition coefficient (Wildman–Crippen LogP) is 2.60. The first-order valence-corrected chi connectivity index (χ1v) is 6.40. The van der Waals surface area contributed by atoms with Crippen molar-refractivity contribution in [3.63, 3.8) is 0 Å². The molecule has 100 valence electrons. The van der Waals surface area contributed by atoms with Gasteiger partial charge in [0.15, 0.2) is 0 Å². The fourth-order valence-corrected chi connectivity index (χ4v) is 2.25. The van der Waals surface area contributed by atoms with Gasteiger partial charge < -0.3 is 9.15 Å². The Morgan fingerprint density at radius 1 is 1.61 bits per heavy atom. The summed E-state index contributed by atoms with van der Waals surface area (Å²) in [4.78, 5) is 13.7. The predicted molar refractivity (Wildman–Crippen MR) is 68.4 cm³/mol. The van der Waals surface area contributed by atoms with Crippen molar-refractivity contribution in [1.29, 1.82) is 0 Å². The molecular formula is C14H21NO3. The first kappa shape index (κ1) is 13.1. The molecule has 4 nitrogen and oxygen atoms in total. The van der Waals surface area contributed by atoms with Crippen molar-refractivity contribution in [2.24, 2.45) is 5.92 Å². The number of hydrogen-bond donors (Lipinski definition) is 0. The summed E-state index contributed by atoms with van der Waals surface area (Å²) in [6.07, 6.45) is 2.66. The number of carbonyl (C=O) groups excluding carboxylic acids is 1. The summed E-state index contributed by atoms with van der Waals surface area (Å²) in [7, 11) is 3.46. The molecule has 1 aliphatic carbocycles. The fraction of sp³-hybridized carbons (Fsp3) is 0.643. The lowest BCUT2D eigenvalue weighted by molar-refractivity contribution is 0.0559. The van der Waals surface area contributed by atoms with Crippen LogP contribution < -0.4 is 0 Å². The largest absolute Gasteiger partial charge is 0.463 e. The monoisotopic (exact) mass is 251 g/mol. The average Bonchev–Trinajstić information content (AvgIpc) is 3.12. The van der Waals surface area contributed by atoms with Crippen molar-refractivity contribution in [2.75, 3.05) is 14.2 Å². The van der Waals surface area contributed by atoms with Crippen LogP contribution in [0.15, 0.2) is 10.5 Å². The van der Waals surface area contributed by atoms with Crippen molar-refractivity contribution in [1.82, 2.24) is 4.90 Å². The molecule has 1 heterocycles. The smallest absolute Gasteiger partial charge is 0.374 e. The Balaban J connectivity index is 2.03. The summed E-state index contributed by atoms with van der Waals surface area (Å²) < 4.78 is 10.3. The average molecular weight is 251 g/mol. The molecule has 1 saturated carbocycles. The minimum atomic E-state index is -0.406. The number of ether oxygens (including phenoxy) is 1. The van der Waals surface area contributed by atoms with Crippen LogP contribution in [0.3, 0.4) is 0 Å². The molecule has 1 aromatic heterocycles. The van der Waals surface area contributed by atoms with E-state index in [1.54, 1.807) is 0 Å². The van der Waals surface area contributed by atoms with Crippen LogP contribution >= 0.6 is 0 Å². The summed E-state index contributed by atoms with van der Waals surface area (Å²) in [5, 5.41) is 0. The van der Waals surface area contributed by atoms with E-state index in [9.17, 15) is 4.79 Å². The number of rotatable bonds is 5. The zero-order valence-corrected chi connectivity index (χ0v) is 11.5. The van der Waals surface area contributed by atoms with Gasteiger partial charge in [0, 0.05) is 11.6 Å². The first-order chi connectivity index (χ1) is 8.52. The van der Waals surface area contributed by atoms with Crippen LogP contribution in [0.5, 0.6) is 0 Å². The van der Waals surface area contributed by atoms with E-state index >= 15 is 0 Å². The Morgan fingerprint density at radius 2 is 2.28 bits per heavy atom. The van der Waals surface area contributed by atoms with Crippen molar-refractivity contribution >= 4 is 5.97 Å². The maximum atomic E-state index is 11.5. The normalized spacial score (nSPS) is 16.9. The lowest BCUT2D eigenvalue weighted by atomic mass is 10.2. The Kier molecular flexibility index (Phi) is 3.76. The molecule has 18 heavy (non-hydrogen) atoms. The molecule has 0 bridgehead atoms. The summed E-state index contributed by atoms with van der Waals surface area (Å²) in [5.41, 5.74) is 0.837. The van der Waals surface area contributed by atoms with Gasteiger partial charge in [0.1, 0.15) is 5.76 Å². The molecule has 1 aromatic rings. The minimum Gasteiger partial charge on any atom is -0.463 e. The Labute approximate surface area is 108 Å². The third-order valence-corrected chi connectivity index (χ3v) is 3.74. The number of esters is 1. The Hall–Kier alpha value is -1.29. The maximum Gasteiger partial charge on any atom is 0.374 e. The SMILES string of the molecule is COC(=O)c1oc(CN(C)[C@H](C)C2CC2)cc1C. The highest BCUT2D eigenvalue weighted by Gasteiger charge is 2.30. The third kappa shape index (κ3) is 2.75. The molecule has 0 amide bonds.